The van der Waals surface area contributed by atoms with Crippen LogP contribution in [0.5, 0.6) is 0 Å². The van der Waals surface area contributed by atoms with Crippen LogP contribution in [0.4, 0.5) is 4.39 Å². The number of amides is 1. The summed E-state index contributed by atoms with van der Waals surface area (Å²) in [6, 6.07) is 1.01. The summed E-state index contributed by atoms with van der Waals surface area (Å²) in [5, 5.41) is 12.6. The van der Waals surface area contributed by atoms with Crippen LogP contribution in [-0.2, 0) is 4.74 Å². The summed E-state index contributed by atoms with van der Waals surface area (Å²) in [5.41, 5.74) is -1.03. The average molecular weight is 289 g/mol. The fourth-order valence-electron chi connectivity index (χ4n) is 1.85. The number of nitrogens with zero attached hydrogens (tertiary/aromatic N) is 1. The predicted molar refractivity (Wildman–Crippen MR) is 66.5 cm³/mol. The maximum atomic E-state index is 13.0. The molecule has 1 aromatic heterocycles. The number of pyridine rings is 1. The Bertz CT molecular complexity index is 478. The highest BCUT2D eigenvalue weighted by Crippen LogP contribution is 2.20. The van der Waals surface area contributed by atoms with E-state index in [1.165, 1.54) is 0 Å². The fourth-order valence-corrected chi connectivity index (χ4v) is 2.04. The van der Waals surface area contributed by atoms with Crippen molar-refractivity contribution in [2.75, 3.05) is 19.8 Å². The predicted octanol–water partition coefficient (Wildman–Crippen LogP) is 1.15. The standard InChI is InChI=1S/C12H14ClFN2O3/c13-10-9(5-8(14)6-15-10)11(17)16-7-12(18)1-3-19-4-2-12/h5-6,18H,1-4,7H2,(H,16,17). The van der Waals surface area contributed by atoms with E-state index in [0.717, 1.165) is 12.3 Å². The molecule has 1 aliphatic heterocycles. The van der Waals surface area contributed by atoms with Crippen molar-refractivity contribution in [1.29, 1.82) is 0 Å². The second-order valence-electron chi connectivity index (χ2n) is 4.51. The molecule has 2 heterocycles. The molecule has 0 saturated carbocycles. The number of halogens is 2. The zero-order chi connectivity index (χ0) is 13.9. The Hall–Kier alpha value is -1.24. The average Bonchev–Trinajstić information content (AvgIpc) is 2.40. The molecule has 1 saturated heterocycles. The van der Waals surface area contributed by atoms with E-state index in [-0.39, 0.29) is 17.3 Å². The highest BCUT2D eigenvalue weighted by molar-refractivity contribution is 6.32. The van der Waals surface area contributed by atoms with Crippen molar-refractivity contribution >= 4 is 17.5 Å². The lowest BCUT2D eigenvalue weighted by molar-refractivity contribution is -0.0605. The molecular weight excluding hydrogens is 275 g/mol. The maximum Gasteiger partial charge on any atom is 0.254 e. The minimum absolute atomic E-state index is 0.0441. The molecule has 0 atom stereocenters. The molecule has 7 heteroatoms. The van der Waals surface area contributed by atoms with Gasteiger partial charge >= 0.3 is 0 Å². The molecule has 1 amide bonds. The number of nitrogens with one attached hydrogen (secondary N) is 1. The van der Waals surface area contributed by atoms with Crippen LogP contribution in [0.25, 0.3) is 0 Å². The quantitative estimate of drug-likeness (QED) is 0.819. The Kier molecular flexibility index (Phi) is 4.34. The molecular formula is C12H14ClFN2O3. The summed E-state index contributed by atoms with van der Waals surface area (Å²) in [6.45, 7) is 0.978. The van der Waals surface area contributed by atoms with E-state index in [9.17, 15) is 14.3 Å². The van der Waals surface area contributed by atoms with E-state index < -0.39 is 17.3 Å². The van der Waals surface area contributed by atoms with Gasteiger partial charge in [-0.3, -0.25) is 4.79 Å². The van der Waals surface area contributed by atoms with Gasteiger partial charge in [0.05, 0.1) is 17.4 Å². The van der Waals surface area contributed by atoms with E-state index in [2.05, 4.69) is 10.3 Å². The molecule has 0 aromatic carbocycles. The molecule has 2 N–H and O–H groups in total. The number of aliphatic hydroxyl groups is 1. The summed E-state index contributed by atoms with van der Waals surface area (Å²) in [5.74, 6) is -1.20. The minimum Gasteiger partial charge on any atom is -0.388 e. The van der Waals surface area contributed by atoms with Crippen LogP contribution in [0.2, 0.25) is 5.15 Å². The zero-order valence-corrected chi connectivity index (χ0v) is 10.9. The lowest BCUT2D eigenvalue weighted by Gasteiger charge is -2.32. The second-order valence-corrected chi connectivity index (χ2v) is 4.87. The Labute approximate surface area is 114 Å². The van der Waals surface area contributed by atoms with Gasteiger partial charge in [0.2, 0.25) is 0 Å². The van der Waals surface area contributed by atoms with Gasteiger partial charge in [-0.25, -0.2) is 9.37 Å². The number of hydrogen-bond donors (Lipinski definition) is 2. The third-order valence-electron chi connectivity index (χ3n) is 3.05. The van der Waals surface area contributed by atoms with Gasteiger partial charge in [-0.1, -0.05) is 11.6 Å². The minimum atomic E-state index is -0.985. The third kappa shape index (κ3) is 3.62. The van der Waals surface area contributed by atoms with Crippen LogP contribution in [0, 0.1) is 5.82 Å². The van der Waals surface area contributed by atoms with Gasteiger partial charge in [-0.05, 0) is 6.07 Å². The molecule has 1 aromatic rings. The molecule has 0 radical (unpaired) electrons. The van der Waals surface area contributed by atoms with Gasteiger partial charge in [-0.2, -0.15) is 0 Å². The lowest BCUT2D eigenvalue weighted by atomic mass is 9.94. The normalized spacial score (nSPS) is 18.1. The Morgan fingerprint density at radius 2 is 2.26 bits per heavy atom. The van der Waals surface area contributed by atoms with Gasteiger partial charge in [0, 0.05) is 32.6 Å². The van der Waals surface area contributed by atoms with Crippen molar-refractivity contribution in [3.8, 4) is 0 Å². The van der Waals surface area contributed by atoms with Gasteiger partial charge in [0.1, 0.15) is 11.0 Å². The van der Waals surface area contributed by atoms with Crippen molar-refractivity contribution in [2.24, 2.45) is 0 Å². The Balaban J connectivity index is 1.99. The number of ether oxygens (including phenoxy) is 1. The first-order valence-corrected chi connectivity index (χ1v) is 6.27. The zero-order valence-electron chi connectivity index (χ0n) is 10.2. The number of rotatable bonds is 3. The topological polar surface area (TPSA) is 71.5 Å². The van der Waals surface area contributed by atoms with Gasteiger partial charge in [0.25, 0.3) is 5.91 Å². The number of hydrogen-bond acceptors (Lipinski definition) is 4. The monoisotopic (exact) mass is 288 g/mol. The highest BCUT2D eigenvalue weighted by Gasteiger charge is 2.30. The molecule has 0 aliphatic carbocycles. The van der Waals surface area contributed by atoms with Crippen LogP contribution < -0.4 is 5.32 Å². The number of aromatic nitrogens is 1. The molecule has 0 spiro atoms. The molecule has 0 unspecified atom stereocenters. The van der Waals surface area contributed by atoms with Gasteiger partial charge < -0.3 is 15.2 Å². The van der Waals surface area contributed by atoms with E-state index in [1.807, 2.05) is 0 Å². The summed E-state index contributed by atoms with van der Waals surface area (Å²) in [6.07, 6.45) is 1.83. The molecule has 0 bridgehead atoms. The van der Waals surface area contributed by atoms with Crippen molar-refractivity contribution in [3.63, 3.8) is 0 Å². The summed E-state index contributed by atoms with van der Waals surface area (Å²) < 4.78 is 18.1. The largest absolute Gasteiger partial charge is 0.388 e. The van der Waals surface area contributed by atoms with E-state index >= 15 is 0 Å². The van der Waals surface area contributed by atoms with Crippen molar-refractivity contribution in [1.82, 2.24) is 10.3 Å². The highest BCUT2D eigenvalue weighted by atomic mass is 35.5. The summed E-state index contributed by atoms with van der Waals surface area (Å²) >= 11 is 5.73. The van der Waals surface area contributed by atoms with Crippen LogP contribution in [0.1, 0.15) is 23.2 Å². The van der Waals surface area contributed by atoms with Crippen LogP contribution in [0.3, 0.4) is 0 Å². The van der Waals surface area contributed by atoms with E-state index in [1.54, 1.807) is 0 Å². The molecule has 2 rings (SSSR count). The van der Waals surface area contributed by atoms with Crippen LogP contribution >= 0.6 is 11.6 Å². The number of carbonyl (C=O) groups is 1. The summed E-state index contributed by atoms with van der Waals surface area (Å²) in [4.78, 5) is 15.4. The molecule has 1 fully saturated rings. The second kappa shape index (κ2) is 5.81. The fraction of sp³-hybridized carbons (Fsp3) is 0.500. The van der Waals surface area contributed by atoms with E-state index in [0.29, 0.717) is 26.1 Å². The third-order valence-corrected chi connectivity index (χ3v) is 3.35. The molecule has 5 nitrogen and oxygen atoms in total. The first-order valence-electron chi connectivity index (χ1n) is 5.90. The smallest absolute Gasteiger partial charge is 0.254 e. The lowest BCUT2D eigenvalue weighted by Crippen LogP contribution is -2.46. The van der Waals surface area contributed by atoms with E-state index in [4.69, 9.17) is 16.3 Å². The molecule has 1 aliphatic rings. The SMILES string of the molecule is O=C(NCC1(O)CCOCC1)c1cc(F)cnc1Cl. The van der Waals surface area contributed by atoms with Crippen molar-refractivity contribution in [2.45, 2.75) is 18.4 Å². The van der Waals surface area contributed by atoms with Crippen LogP contribution in [-0.4, -0.2) is 41.4 Å². The Morgan fingerprint density at radius 3 is 2.95 bits per heavy atom. The number of carbonyl (C=O) groups excluding carboxylic acids is 1. The summed E-state index contributed by atoms with van der Waals surface area (Å²) in [7, 11) is 0. The first kappa shape index (κ1) is 14.2. The van der Waals surface area contributed by atoms with Crippen molar-refractivity contribution in [3.05, 3.63) is 28.8 Å². The maximum absolute atomic E-state index is 13.0. The van der Waals surface area contributed by atoms with Crippen molar-refractivity contribution < 1.29 is 19.0 Å². The molecule has 19 heavy (non-hydrogen) atoms. The first-order chi connectivity index (χ1) is 9.00. The molecule has 104 valence electrons. The van der Waals surface area contributed by atoms with Crippen LogP contribution in [0.15, 0.2) is 12.3 Å². The van der Waals surface area contributed by atoms with Gasteiger partial charge in [-0.15, -0.1) is 0 Å². The Morgan fingerprint density at radius 1 is 1.58 bits per heavy atom. The van der Waals surface area contributed by atoms with Gasteiger partial charge in [0.15, 0.2) is 0 Å².